The van der Waals surface area contributed by atoms with Crippen LogP contribution in [0.1, 0.15) is 11.1 Å². The molecule has 3 aromatic carbocycles. The van der Waals surface area contributed by atoms with Gasteiger partial charge in [0.05, 0.1) is 4.90 Å². The summed E-state index contributed by atoms with van der Waals surface area (Å²) in [7, 11) is -4.33. The lowest BCUT2D eigenvalue weighted by molar-refractivity contribution is -0.110. The first-order valence-corrected chi connectivity index (χ1v) is 8.99. The fourth-order valence-electron chi connectivity index (χ4n) is 2.94. The molecule has 0 atom stereocenters. The van der Waals surface area contributed by atoms with Gasteiger partial charge in [0, 0.05) is 16.8 Å². The van der Waals surface area contributed by atoms with Crippen LogP contribution in [0.4, 0.5) is 5.69 Å². The SMILES string of the molecule is O=C1Nc2ccc(S(=O)(=O)O)cc2C1=Cc1ccc2ccccc2c1. The zero-order chi connectivity index (χ0) is 17.6. The van der Waals surface area contributed by atoms with Crippen molar-refractivity contribution < 1.29 is 17.8 Å². The van der Waals surface area contributed by atoms with Crippen molar-refractivity contribution in [3.05, 3.63) is 71.8 Å². The minimum atomic E-state index is -4.33. The molecular weight excluding hydrogens is 338 g/mol. The molecule has 0 radical (unpaired) electrons. The lowest BCUT2D eigenvalue weighted by Crippen LogP contribution is -2.03. The maximum absolute atomic E-state index is 12.3. The van der Waals surface area contributed by atoms with Gasteiger partial charge in [-0.2, -0.15) is 8.42 Å². The minimum Gasteiger partial charge on any atom is -0.321 e. The van der Waals surface area contributed by atoms with Crippen molar-refractivity contribution in [1.29, 1.82) is 0 Å². The second-order valence-corrected chi connectivity index (χ2v) is 7.22. The predicted octanol–water partition coefficient (Wildman–Crippen LogP) is 3.58. The highest BCUT2D eigenvalue weighted by Crippen LogP contribution is 2.35. The third-order valence-corrected chi connectivity index (χ3v) is 5.01. The van der Waals surface area contributed by atoms with E-state index < -0.39 is 10.1 Å². The number of carbonyl (C=O) groups is 1. The van der Waals surface area contributed by atoms with Crippen LogP contribution in [0.5, 0.6) is 0 Å². The molecule has 0 aromatic heterocycles. The van der Waals surface area contributed by atoms with Gasteiger partial charge >= 0.3 is 0 Å². The molecule has 3 aromatic rings. The Balaban J connectivity index is 1.85. The van der Waals surface area contributed by atoms with Crippen LogP contribution in [-0.2, 0) is 14.9 Å². The summed E-state index contributed by atoms with van der Waals surface area (Å²) in [6.07, 6.45) is 1.71. The third kappa shape index (κ3) is 2.82. The van der Waals surface area contributed by atoms with E-state index >= 15 is 0 Å². The van der Waals surface area contributed by atoms with Crippen LogP contribution in [0.3, 0.4) is 0 Å². The summed E-state index contributed by atoms with van der Waals surface area (Å²) in [6, 6.07) is 17.7. The molecule has 0 spiro atoms. The molecule has 1 amide bonds. The average molecular weight is 351 g/mol. The van der Waals surface area contributed by atoms with Gasteiger partial charge in [-0.05, 0) is 46.7 Å². The van der Waals surface area contributed by atoms with Crippen molar-refractivity contribution in [2.75, 3.05) is 5.32 Å². The Morgan fingerprint density at radius 2 is 1.68 bits per heavy atom. The van der Waals surface area contributed by atoms with Gasteiger partial charge in [-0.1, -0.05) is 36.4 Å². The Morgan fingerprint density at radius 3 is 2.44 bits per heavy atom. The van der Waals surface area contributed by atoms with E-state index in [-0.39, 0.29) is 10.8 Å². The molecule has 0 fully saturated rings. The van der Waals surface area contributed by atoms with Crippen LogP contribution in [-0.4, -0.2) is 18.9 Å². The van der Waals surface area contributed by atoms with Crippen molar-refractivity contribution in [2.24, 2.45) is 0 Å². The Kier molecular flexibility index (Phi) is 3.45. The van der Waals surface area contributed by atoms with Crippen molar-refractivity contribution in [2.45, 2.75) is 4.90 Å². The number of nitrogens with one attached hydrogen (secondary N) is 1. The molecule has 0 bridgehead atoms. The molecule has 0 saturated heterocycles. The molecule has 124 valence electrons. The molecule has 0 unspecified atom stereocenters. The van der Waals surface area contributed by atoms with E-state index in [0.29, 0.717) is 16.8 Å². The van der Waals surface area contributed by atoms with E-state index in [4.69, 9.17) is 0 Å². The van der Waals surface area contributed by atoms with Gasteiger partial charge in [0.2, 0.25) is 0 Å². The van der Waals surface area contributed by atoms with E-state index in [9.17, 15) is 17.8 Å². The summed E-state index contributed by atoms with van der Waals surface area (Å²) in [5.74, 6) is -0.310. The Hall–Kier alpha value is -2.96. The van der Waals surface area contributed by atoms with Gasteiger partial charge in [0.25, 0.3) is 16.0 Å². The molecule has 6 heteroatoms. The molecule has 25 heavy (non-hydrogen) atoms. The highest BCUT2D eigenvalue weighted by molar-refractivity contribution is 7.85. The first-order valence-electron chi connectivity index (χ1n) is 7.55. The van der Waals surface area contributed by atoms with Gasteiger partial charge in [-0.25, -0.2) is 0 Å². The Morgan fingerprint density at radius 1 is 0.920 bits per heavy atom. The topological polar surface area (TPSA) is 83.5 Å². The summed E-state index contributed by atoms with van der Waals surface area (Å²) in [6.45, 7) is 0. The van der Waals surface area contributed by atoms with E-state index in [1.54, 1.807) is 6.08 Å². The standard InChI is InChI=1S/C19H13NO4S/c21-19-17(10-12-5-6-13-3-1-2-4-14(13)9-12)16-11-15(25(22,23)24)7-8-18(16)20-19/h1-11H,(H,20,21)(H,22,23,24). The first kappa shape index (κ1) is 15.6. The number of hydrogen-bond acceptors (Lipinski definition) is 3. The van der Waals surface area contributed by atoms with Crippen molar-refractivity contribution >= 4 is 44.1 Å². The zero-order valence-electron chi connectivity index (χ0n) is 12.9. The summed E-state index contributed by atoms with van der Waals surface area (Å²) < 4.78 is 31.9. The Bertz CT molecular complexity index is 1160. The van der Waals surface area contributed by atoms with Crippen molar-refractivity contribution in [1.82, 2.24) is 0 Å². The Labute approximate surface area is 144 Å². The van der Waals surface area contributed by atoms with E-state index in [2.05, 4.69) is 5.32 Å². The molecule has 2 N–H and O–H groups in total. The smallest absolute Gasteiger partial charge is 0.294 e. The van der Waals surface area contributed by atoms with Crippen LogP contribution < -0.4 is 5.32 Å². The highest BCUT2D eigenvalue weighted by Gasteiger charge is 2.26. The van der Waals surface area contributed by atoms with Gasteiger partial charge in [-0.15, -0.1) is 0 Å². The van der Waals surface area contributed by atoms with Crippen LogP contribution in [0, 0.1) is 0 Å². The van der Waals surface area contributed by atoms with Crippen LogP contribution >= 0.6 is 0 Å². The predicted molar refractivity (Wildman–Crippen MR) is 96.7 cm³/mol. The molecule has 0 aliphatic carbocycles. The summed E-state index contributed by atoms with van der Waals surface area (Å²) in [4.78, 5) is 12.0. The average Bonchev–Trinajstić information content (AvgIpc) is 2.89. The molecule has 1 aliphatic rings. The van der Waals surface area contributed by atoms with Crippen LogP contribution in [0.25, 0.3) is 22.4 Å². The van der Waals surface area contributed by atoms with Crippen LogP contribution in [0.2, 0.25) is 0 Å². The second-order valence-electron chi connectivity index (χ2n) is 5.80. The number of carbonyl (C=O) groups excluding carboxylic acids is 1. The van der Waals surface area contributed by atoms with Gasteiger partial charge in [-0.3, -0.25) is 9.35 Å². The number of rotatable bonds is 2. The number of benzene rings is 3. The summed E-state index contributed by atoms with van der Waals surface area (Å²) in [5.41, 5.74) is 2.16. The van der Waals surface area contributed by atoms with Crippen molar-refractivity contribution in [3.8, 4) is 0 Å². The fourth-order valence-corrected chi connectivity index (χ4v) is 3.44. The quantitative estimate of drug-likeness (QED) is 0.546. The molecule has 0 saturated carbocycles. The molecule has 5 nitrogen and oxygen atoms in total. The van der Waals surface area contributed by atoms with Gasteiger partial charge < -0.3 is 5.32 Å². The first-order chi connectivity index (χ1) is 11.9. The van der Waals surface area contributed by atoms with E-state index in [1.165, 1.54) is 18.2 Å². The van der Waals surface area contributed by atoms with Crippen LogP contribution in [0.15, 0.2) is 65.6 Å². The largest absolute Gasteiger partial charge is 0.321 e. The maximum atomic E-state index is 12.3. The third-order valence-electron chi connectivity index (χ3n) is 4.16. The zero-order valence-corrected chi connectivity index (χ0v) is 13.7. The minimum absolute atomic E-state index is 0.243. The highest BCUT2D eigenvalue weighted by atomic mass is 32.2. The van der Waals surface area contributed by atoms with E-state index in [1.807, 2.05) is 42.5 Å². The second kappa shape index (κ2) is 5.54. The van der Waals surface area contributed by atoms with E-state index in [0.717, 1.165) is 16.3 Å². The maximum Gasteiger partial charge on any atom is 0.294 e. The fraction of sp³-hybridized carbons (Fsp3) is 0. The van der Waals surface area contributed by atoms with Gasteiger partial charge in [0.1, 0.15) is 0 Å². The number of hydrogen-bond donors (Lipinski definition) is 2. The number of amides is 1. The molecule has 1 aliphatic heterocycles. The number of fused-ring (bicyclic) bond motifs is 2. The lowest BCUT2D eigenvalue weighted by Gasteiger charge is -2.03. The summed E-state index contributed by atoms with van der Waals surface area (Å²) >= 11 is 0. The lowest BCUT2D eigenvalue weighted by atomic mass is 10.0. The monoisotopic (exact) mass is 351 g/mol. The molecule has 4 rings (SSSR count). The van der Waals surface area contributed by atoms with Gasteiger partial charge in [0.15, 0.2) is 0 Å². The molecular formula is C19H13NO4S. The van der Waals surface area contributed by atoms with Crippen molar-refractivity contribution in [3.63, 3.8) is 0 Å². The summed E-state index contributed by atoms with van der Waals surface area (Å²) in [5, 5.41) is 4.84. The molecule has 1 heterocycles. The number of anilines is 1. The normalized spacial score (nSPS) is 15.4.